The molecule has 0 aromatic carbocycles. The van der Waals surface area contributed by atoms with Gasteiger partial charge in [-0.2, -0.15) is 5.10 Å². The van der Waals surface area contributed by atoms with Crippen molar-refractivity contribution in [3.05, 3.63) is 39.8 Å². The molecule has 15 heavy (non-hydrogen) atoms. The van der Waals surface area contributed by atoms with Crippen molar-refractivity contribution in [3.8, 4) is 0 Å². The standard InChI is InChI=1S/C11H12N2OS/c1-8-10(7-13(2)12-8)11(14)6-9-4-3-5-15-9/h3-5,7H,6H2,1-2H3. The van der Waals surface area contributed by atoms with Crippen LogP contribution in [-0.2, 0) is 13.5 Å². The van der Waals surface area contributed by atoms with Gasteiger partial charge in [-0.3, -0.25) is 9.48 Å². The third kappa shape index (κ3) is 2.15. The lowest BCUT2D eigenvalue weighted by atomic mass is 10.1. The molecule has 0 N–H and O–H groups in total. The first kappa shape index (κ1) is 10.1. The average Bonchev–Trinajstić information content (AvgIpc) is 2.75. The van der Waals surface area contributed by atoms with Gasteiger partial charge in [-0.05, 0) is 18.4 Å². The molecule has 0 unspecified atom stereocenters. The first-order valence-electron chi connectivity index (χ1n) is 4.72. The fourth-order valence-corrected chi connectivity index (χ4v) is 2.24. The van der Waals surface area contributed by atoms with Gasteiger partial charge in [0.2, 0.25) is 0 Å². The lowest BCUT2D eigenvalue weighted by molar-refractivity contribution is 0.0993. The van der Waals surface area contributed by atoms with Crippen LogP contribution in [-0.4, -0.2) is 15.6 Å². The molecule has 0 atom stereocenters. The third-order valence-electron chi connectivity index (χ3n) is 2.23. The van der Waals surface area contributed by atoms with E-state index < -0.39 is 0 Å². The Morgan fingerprint density at radius 2 is 2.40 bits per heavy atom. The first-order valence-corrected chi connectivity index (χ1v) is 5.60. The highest BCUT2D eigenvalue weighted by atomic mass is 32.1. The molecule has 0 radical (unpaired) electrons. The number of aryl methyl sites for hydroxylation is 2. The highest BCUT2D eigenvalue weighted by molar-refractivity contribution is 7.10. The molecule has 0 spiro atoms. The van der Waals surface area contributed by atoms with E-state index in [0.717, 1.165) is 16.1 Å². The van der Waals surface area contributed by atoms with Crippen LogP contribution in [0.5, 0.6) is 0 Å². The summed E-state index contributed by atoms with van der Waals surface area (Å²) in [7, 11) is 1.83. The molecule has 0 aliphatic carbocycles. The average molecular weight is 220 g/mol. The molecule has 0 bridgehead atoms. The molecule has 2 aromatic rings. The van der Waals surface area contributed by atoms with Crippen molar-refractivity contribution in [1.29, 1.82) is 0 Å². The summed E-state index contributed by atoms with van der Waals surface area (Å²) in [5.74, 6) is 0.142. The monoisotopic (exact) mass is 220 g/mol. The zero-order chi connectivity index (χ0) is 10.8. The van der Waals surface area contributed by atoms with Crippen LogP contribution >= 0.6 is 11.3 Å². The minimum absolute atomic E-state index is 0.142. The fourth-order valence-electron chi connectivity index (χ4n) is 1.54. The Morgan fingerprint density at radius 1 is 1.60 bits per heavy atom. The summed E-state index contributed by atoms with van der Waals surface area (Å²) in [6.07, 6.45) is 2.26. The van der Waals surface area contributed by atoms with Gasteiger partial charge in [0.1, 0.15) is 0 Å². The molecule has 0 aliphatic heterocycles. The topological polar surface area (TPSA) is 34.9 Å². The Hall–Kier alpha value is -1.42. The van der Waals surface area contributed by atoms with Crippen LogP contribution in [0.25, 0.3) is 0 Å². The predicted molar refractivity (Wildman–Crippen MR) is 60.3 cm³/mol. The highest BCUT2D eigenvalue weighted by Crippen LogP contribution is 2.14. The number of aromatic nitrogens is 2. The number of carbonyl (C=O) groups is 1. The quantitative estimate of drug-likeness (QED) is 0.743. The molecule has 3 nitrogen and oxygen atoms in total. The summed E-state index contributed by atoms with van der Waals surface area (Å²) < 4.78 is 1.68. The summed E-state index contributed by atoms with van der Waals surface area (Å²) in [6.45, 7) is 1.86. The molecule has 0 amide bonds. The van der Waals surface area contributed by atoms with Crippen molar-refractivity contribution in [3.63, 3.8) is 0 Å². The van der Waals surface area contributed by atoms with Crippen molar-refractivity contribution in [2.45, 2.75) is 13.3 Å². The van der Waals surface area contributed by atoms with Gasteiger partial charge in [0, 0.05) is 24.5 Å². The second-order valence-corrected chi connectivity index (χ2v) is 4.51. The number of hydrogen-bond acceptors (Lipinski definition) is 3. The largest absolute Gasteiger partial charge is 0.294 e. The van der Waals surface area contributed by atoms with Crippen LogP contribution < -0.4 is 0 Å². The molecule has 0 saturated carbocycles. The zero-order valence-electron chi connectivity index (χ0n) is 8.73. The number of Topliss-reactive ketones (excluding diaryl/α,β-unsaturated/α-hetero) is 1. The van der Waals surface area contributed by atoms with E-state index in [4.69, 9.17) is 0 Å². The van der Waals surface area contributed by atoms with E-state index in [1.54, 1.807) is 22.2 Å². The molecule has 2 rings (SSSR count). The maximum Gasteiger partial charge on any atom is 0.171 e. The van der Waals surface area contributed by atoms with E-state index in [9.17, 15) is 4.79 Å². The van der Waals surface area contributed by atoms with Crippen molar-refractivity contribution in [1.82, 2.24) is 9.78 Å². The predicted octanol–water partition coefficient (Wildman–Crippen LogP) is 2.22. The number of nitrogens with zero attached hydrogens (tertiary/aromatic N) is 2. The molecule has 2 aromatic heterocycles. The SMILES string of the molecule is Cc1nn(C)cc1C(=O)Cc1cccs1. The van der Waals surface area contributed by atoms with Crippen LogP contribution in [0.2, 0.25) is 0 Å². The number of hydrogen-bond donors (Lipinski definition) is 0. The van der Waals surface area contributed by atoms with Gasteiger partial charge in [0.05, 0.1) is 11.3 Å². The van der Waals surface area contributed by atoms with Gasteiger partial charge in [-0.1, -0.05) is 6.07 Å². The summed E-state index contributed by atoms with van der Waals surface area (Å²) in [4.78, 5) is 13.0. The number of thiophene rings is 1. The second kappa shape index (κ2) is 3.98. The van der Waals surface area contributed by atoms with Crippen LogP contribution in [0.1, 0.15) is 20.9 Å². The Balaban J connectivity index is 2.18. The Morgan fingerprint density at radius 3 is 2.93 bits per heavy atom. The van der Waals surface area contributed by atoms with Crippen molar-refractivity contribution >= 4 is 17.1 Å². The number of rotatable bonds is 3. The smallest absolute Gasteiger partial charge is 0.171 e. The first-order chi connectivity index (χ1) is 7.16. The van der Waals surface area contributed by atoms with Gasteiger partial charge in [-0.15, -0.1) is 11.3 Å². The molecule has 2 heterocycles. The van der Waals surface area contributed by atoms with Gasteiger partial charge >= 0.3 is 0 Å². The Labute approximate surface area is 92.4 Å². The molecule has 78 valence electrons. The van der Waals surface area contributed by atoms with E-state index in [2.05, 4.69) is 5.10 Å². The molecule has 4 heteroatoms. The van der Waals surface area contributed by atoms with E-state index in [1.165, 1.54) is 0 Å². The van der Waals surface area contributed by atoms with Crippen molar-refractivity contribution in [2.24, 2.45) is 7.05 Å². The van der Waals surface area contributed by atoms with E-state index in [0.29, 0.717) is 6.42 Å². The van der Waals surface area contributed by atoms with Gasteiger partial charge in [0.15, 0.2) is 5.78 Å². The fraction of sp³-hybridized carbons (Fsp3) is 0.273. The molecular formula is C11H12N2OS. The number of ketones is 1. The van der Waals surface area contributed by atoms with E-state index in [-0.39, 0.29) is 5.78 Å². The van der Waals surface area contributed by atoms with Crippen LogP contribution in [0.4, 0.5) is 0 Å². The molecule has 0 aliphatic rings. The van der Waals surface area contributed by atoms with Crippen molar-refractivity contribution < 1.29 is 4.79 Å². The van der Waals surface area contributed by atoms with Gasteiger partial charge in [-0.25, -0.2) is 0 Å². The second-order valence-electron chi connectivity index (χ2n) is 3.48. The third-order valence-corrected chi connectivity index (χ3v) is 3.11. The zero-order valence-corrected chi connectivity index (χ0v) is 9.54. The minimum atomic E-state index is 0.142. The van der Waals surface area contributed by atoms with Crippen LogP contribution in [0.3, 0.4) is 0 Å². The van der Waals surface area contributed by atoms with Gasteiger partial charge in [0.25, 0.3) is 0 Å². The molecule has 0 saturated heterocycles. The maximum absolute atomic E-state index is 11.9. The summed E-state index contributed by atoms with van der Waals surface area (Å²) >= 11 is 1.61. The summed E-state index contributed by atoms with van der Waals surface area (Å²) in [5, 5.41) is 6.15. The molecular weight excluding hydrogens is 208 g/mol. The Bertz CT molecular complexity index is 471. The lowest BCUT2D eigenvalue weighted by Gasteiger charge is -1.95. The minimum Gasteiger partial charge on any atom is -0.294 e. The van der Waals surface area contributed by atoms with Gasteiger partial charge < -0.3 is 0 Å². The maximum atomic E-state index is 11.9. The highest BCUT2D eigenvalue weighted by Gasteiger charge is 2.13. The molecule has 0 fully saturated rings. The lowest BCUT2D eigenvalue weighted by Crippen LogP contribution is -2.02. The van der Waals surface area contributed by atoms with E-state index in [1.807, 2.05) is 31.5 Å². The summed E-state index contributed by atoms with van der Waals surface area (Å²) in [5.41, 5.74) is 1.53. The van der Waals surface area contributed by atoms with Crippen LogP contribution in [0, 0.1) is 6.92 Å². The summed E-state index contributed by atoms with van der Waals surface area (Å²) in [6, 6.07) is 3.94. The van der Waals surface area contributed by atoms with E-state index >= 15 is 0 Å². The normalized spacial score (nSPS) is 10.5. The van der Waals surface area contributed by atoms with Crippen LogP contribution in [0.15, 0.2) is 23.7 Å². The van der Waals surface area contributed by atoms with Crippen molar-refractivity contribution in [2.75, 3.05) is 0 Å². The number of carbonyl (C=O) groups excluding carboxylic acids is 1. The Kier molecular flexibility index (Phi) is 2.68.